The summed E-state index contributed by atoms with van der Waals surface area (Å²) in [5, 5.41) is 17.7. The maximum atomic E-state index is 8.84. The van der Waals surface area contributed by atoms with E-state index in [9.17, 15) is 0 Å². The summed E-state index contributed by atoms with van der Waals surface area (Å²) in [7, 11) is 0. The van der Waals surface area contributed by atoms with Gasteiger partial charge in [-0.3, -0.25) is 0 Å². The molecule has 78 valence electrons. The first-order valence-corrected chi connectivity index (χ1v) is 7.84. The second kappa shape index (κ2) is 5.17. The van der Waals surface area contributed by atoms with Gasteiger partial charge in [-0.2, -0.15) is 10.5 Å². The van der Waals surface area contributed by atoms with E-state index in [4.69, 9.17) is 10.5 Å². The third-order valence-electron chi connectivity index (χ3n) is 1.83. The molecule has 0 bridgehead atoms. The lowest BCUT2D eigenvalue weighted by molar-refractivity contribution is 1.20. The van der Waals surface area contributed by atoms with Crippen LogP contribution >= 0.6 is 68.7 Å². The van der Waals surface area contributed by atoms with Gasteiger partial charge in [0.05, 0.1) is 4.24 Å². The Labute approximate surface area is 129 Å². The average Bonchev–Trinajstić information content (AvgIpc) is 2.71. The third kappa shape index (κ3) is 2.21. The Hall–Kier alpha value is 0.100. The summed E-state index contributed by atoms with van der Waals surface area (Å²) in [4.78, 5) is 2.33. The molecular formula is C10H2I2N2S2. The lowest BCUT2D eigenvalue weighted by Crippen LogP contribution is -1.81. The minimum Gasteiger partial charge on any atom is -0.192 e. The number of benzene rings is 1. The Balaban J connectivity index is 2.55. The molecule has 2 rings (SSSR count). The second-order valence-electron chi connectivity index (χ2n) is 2.78. The molecule has 0 spiro atoms. The zero-order valence-corrected chi connectivity index (χ0v) is 13.6. The van der Waals surface area contributed by atoms with E-state index in [1.54, 1.807) is 0 Å². The molecule has 0 aliphatic carbocycles. The molecule has 0 saturated carbocycles. The molecule has 1 aromatic carbocycles. The van der Waals surface area contributed by atoms with Gasteiger partial charge in [0, 0.05) is 16.9 Å². The first-order valence-electron chi connectivity index (χ1n) is 4.05. The quantitative estimate of drug-likeness (QED) is 0.420. The van der Waals surface area contributed by atoms with Crippen molar-refractivity contribution in [3.8, 4) is 12.1 Å². The number of hydrogen-bond acceptors (Lipinski definition) is 4. The number of allylic oxidation sites excluding steroid dienone is 1. The number of thioether (sulfide) groups is 2. The minimum atomic E-state index is 0.206. The van der Waals surface area contributed by atoms with Crippen molar-refractivity contribution in [1.29, 1.82) is 10.5 Å². The third-order valence-corrected chi connectivity index (χ3v) is 7.03. The smallest absolute Gasteiger partial charge is 0.150 e. The van der Waals surface area contributed by atoms with Crippen molar-refractivity contribution in [1.82, 2.24) is 0 Å². The summed E-state index contributed by atoms with van der Waals surface area (Å²) in [5.41, 5.74) is 0.206. The first kappa shape index (κ1) is 12.6. The van der Waals surface area contributed by atoms with Crippen LogP contribution in [0.4, 0.5) is 0 Å². The minimum absolute atomic E-state index is 0.206. The van der Waals surface area contributed by atoms with E-state index in [1.165, 1.54) is 23.5 Å². The maximum Gasteiger partial charge on any atom is 0.150 e. The van der Waals surface area contributed by atoms with Crippen molar-refractivity contribution in [3.05, 3.63) is 29.1 Å². The van der Waals surface area contributed by atoms with Crippen molar-refractivity contribution in [2.45, 2.75) is 9.79 Å². The van der Waals surface area contributed by atoms with Crippen LogP contribution in [0.5, 0.6) is 0 Å². The van der Waals surface area contributed by atoms with E-state index in [-0.39, 0.29) is 5.57 Å². The van der Waals surface area contributed by atoms with Crippen LogP contribution in [-0.4, -0.2) is 0 Å². The van der Waals surface area contributed by atoms with Crippen molar-refractivity contribution >= 4 is 68.7 Å². The molecule has 0 amide bonds. The molecule has 16 heavy (non-hydrogen) atoms. The molecule has 0 unspecified atom stereocenters. The molecule has 1 aliphatic heterocycles. The summed E-state index contributed by atoms with van der Waals surface area (Å²) in [6, 6.07) is 7.98. The van der Waals surface area contributed by atoms with E-state index in [0.717, 1.165) is 21.2 Å². The van der Waals surface area contributed by atoms with Crippen LogP contribution in [0.1, 0.15) is 0 Å². The molecule has 0 atom stereocenters. The number of fused-ring (bicyclic) bond motifs is 1. The van der Waals surface area contributed by atoms with Crippen LogP contribution in [0.15, 0.2) is 31.7 Å². The van der Waals surface area contributed by atoms with Gasteiger partial charge >= 0.3 is 0 Å². The lowest BCUT2D eigenvalue weighted by atomic mass is 10.4. The van der Waals surface area contributed by atoms with Crippen LogP contribution in [-0.2, 0) is 0 Å². The van der Waals surface area contributed by atoms with Gasteiger partial charge in [-0.05, 0) is 57.3 Å². The zero-order valence-electron chi connectivity index (χ0n) is 7.62. The zero-order chi connectivity index (χ0) is 11.7. The number of halogens is 2. The fraction of sp³-hybridized carbons (Fsp3) is 0. The highest BCUT2D eigenvalue weighted by molar-refractivity contribution is 14.1. The standard InChI is InChI=1S/C10H2I2N2S2/c11-6-1-2-7(12)9-8(6)15-10(16-9)5(3-13)4-14/h1-2H. The van der Waals surface area contributed by atoms with Crippen LogP contribution < -0.4 is 0 Å². The number of rotatable bonds is 0. The molecular weight excluding hydrogens is 466 g/mol. The molecule has 6 heteroatoms. The summed E-state index contributed by atoms with van der Waals surface area (Å²) in [6.45, 7) is 0. The SMILES string of the molecule is N#CC(C#N)=C1Sc2c(I)ccc(I)c2S1. The molecule has 1 heterocycles. The molecule has 0 N–H and O–H groups in total. The van der Waals surface area contributed by atoms with Gasteiger partial charge in [-0.15, -0.1) is 0 Å². The molecule has 0 fully saturated rings. The largest absolute Gasteiger partial charge is 0.192 e. The van der Waals surface area contributed by atoms with E-state index in [2.05, 4.69) is 57.3 Å². The van der Waals surface area contributed by atoms with Crippen molar-refractivity contribution in [3.63, 3.8) is 0 Å². The molecule has 2 nitrogen and oxygen atoms in total. The molecule has 0 radical (unpaired) electrons. The fourth-order valence-corrected chi connectivity index (χ4v) is 5.47. The maximum absolute atomic E-state index is 8.84. The Morgan fingerprint density at radius 3 is 1.81 bits per heavy atom. The summed E-state index contributed by atoms with van der Waals surface area (Å²) in [5.74, 6) is 0. The fourth-order valence-electron chi connectivity index (χ4n) is 1.13. The predicted molar refractivity (Wildman–Crippen MR) is 81.8 cm³/mol. The van der Waals surface area contributed by atoms with E-state index in [1.807, 2.05) is 12.1 Å². The van der Waals surface area contributed by atoms with Gasteiger partial charge in [-0.1, -0.05) is 23.5 Å². The van der Waals surface area contributed by atoms with Gasteiger partial charge in [0.25, 0.3) is 0 Å². The Kier molecular flexibility index (Phi) is 4.06. The van der Waals surface area contributed by atoms with Crippen LogP contribution in [0, 0.1) is 29.8 Å². The Morgan fingerprint density at radius 1 is 1.00 bits per heavy atom. The summed E-state index contributed by atoms with van der Waals surface area (Å²) < 4.78 is 3.12. The van der Waals surface area contributed by atoms with E-state index in [0.29, 0.717) is 0 Å². The van der Waals surface area contributed by atoms with E-state index >= 15 is 0 Å². The molecule has 0 saturated heterocycles. The molecule has 1 aliphatic rings. The Bertz CT molecular complexity index is 533. The predicted octanol–water partition coefficient (Wildman–Crippen LogP) is 4.35. The number of nitrogens with zero attached hydrogens (tertiary/aromatic N) is 2. The van der Waals surface area contributed by atoms with Gasteiger partial charge in [-0.25, -0.2) is 0 Å². The molecule has 0 aromatic heterocycles. The van der Waals surface area contributed by atoms with E-state index < -0.39 is 0 Å². The average molecular weight is 468 g/mol. The highest BCUT2D eigenvalue weighted by Gasteiger charge is 2.25. The highest BCUT2D eigenvalue weighted by atomic mass is 127. The van der Waals surface area contributed by atoms with Gasteiger partial charge in [0.1, 0.15) is 17.7 Å². The van der Waals surface area contributed by atoms with Crippen LogP contribution in [0.3, 0.4) is 0 Å². The molecule has 1 aromatic rings. The Morgan fingerprint density at radius 2 is 1.44 bits per heavy atom. The van der Waals surface area contributed by atoms with Crippen molar-refractivity contribution < 1.29 is 0 Å². The first-order chi connectivity index (χ1) is 7.67. The monoisotopic (exact) mass is 468 g/mol. The summed E-state index contributed by atoms with van der Waals surface area (Å²) >= 11 is 7.59. The summed E-state index contributed by atoms with van der Waals surface area (Å²) in [6.07, 6.45) is 0. The number of hydrogen-bond donors (Lipinski definition) is 0. The van der Waals surface area contributed by atoms with Crippen LogP contribution in [0.25, 0.3) is 0 Å². The normalized spacial score (nSPS) is 12.9. The second-order valence-corrected chi connectivity index (χ2v) is 7.40. The van der Waals surface area contributed by atoms with Gasteiger partial charge < -0.3 is 0 Å². The van der Waals surface area contributed by atoms with Gasteiger partial charge in [0.15, 0.2) is 0 Å². The van der Waals surface area contributed by atoms with Gasteiger partial charge in [0.2, 0.25) is 0 Å². The lowest BCUT2D eigenvalue weighted by Gasteiger charge is -2.00. The van der Waals surface area contributed by atoms with Crippen molar-refractivity contribution in [2.24, 2.45) is 0 Å². The van der Waals surface area contributed by atoms with Crippen LogP contribution in [0.2, 0.25) is 0 Å². The highest BCUT2D eigenvalue weighted by Crippen LogP contribution is 2.54. The topological polar surface area (TPSA) is 47.6 Å². The van der Waals surface area contributed by atoms with Crippen molar-refractivity contribution in [2.75, 3.05) is 0 Å². The number of nitriles is 2.